The Bertz CT molecular complexity index is 355. The molecule has 0 heterocycles. The van der Waals surface area contributed by atoms with Gasteiger partial charge in [0.15, 0.2) is 0 Å². The molecular formula is C13H21IO3Si. The van der Waals surface area contributed by atoms with E-state index in [9.17, 15) is 0 Å². The molecule has 0 bridgehead atoms. The van der Waals surface area contributed by atoms with Crippen molar-refractivity contribution in [3.8, 4) is 0 Å². The number of alkyl halides is 1. The minimum Gasteiger partial charge on any atom is -0.376 e. The number of hydrogen-bond acceptors (Lipinski definition) is 3. The van der Waals surface area contributed by atoms with Crippen LogP contribution in [0.4, 0.5) is 0 Å². The maximum absolute atomic E-state index is 5.52. The van der Waals surface area contributed by atoms with Gasteiger partial charge in [0.25, 0.3) is 0 Å². The third-order valence-electron chi connectivity index (χ3n) is 3.28. The molecule has 18 heavy (non-hydrogen) atoms. The maximum Gasteiger partial charge on any atom is 0.507 e. The Morgan fingerprint density at radius 2 is 1.28 bits per heavy atom. The number of rotatable bonds is 6. The highest BCUT2D eigenvalue weighted by atomic mass is 127. The molecule has 0 N–H and O–H groups in total. The molecule has 0 spiro atoms. The Morgan fingerprint density at radius 3 is 1.61 bits per heavy atom. The molecule has 0 aromatic heterocycles. The summed E-state index contributed by atoms with van der Waals surface area (Å²) in [6.07, 6.45) is 0. The van der Waals surface area contributed by atoms with E-state index in [2.05, 4.69) is 60.7 Å². The first-order valence-electron chi connectivity index (χ1n) is 5.90. The van der Waals surface area contributed by atoms with Crippen LogP contribution in [0.5, 0.6) is 0 Å². The van der Waals surface area contributed by atoms with Gasteiger partial charge in [-0.2, -0.15) is 0 Å². The van der Waals surface area contributed by atoms with Crippen molar-refractivity contribution >= 4 is 31.4 Å². The first-order valence-corrected chi connectivity index (χ1v) is 8.95. The lowest BCUT2D eigenvalue weighted by Crippen LogP contribution is -2.48. The van der Waals surface area contributed by atoms with Crippen molar-refractivity contribution in [3.05, 3.63) is 35.4 Å². The second-order valence-electron chi connectivity index (χ2n) is 4.22. The molecule has 0 aliphatic heterocycles. The summed E-state index contributed by atoms with van der Waals surface area (Å²) < 4.78 is 17.1. The molecule has 2 atom stereocenters. The van der Waals surface area contributed by atoms with Crippen LogP contribution in [0.1, 0.15) is 34.4 Å². The molecule has 3 nitrogen and oxygen atoms in total. The standard InChI is InChI=1S/C13H21IO3Si/c1-10(14)12-6-8-13(9-7-12)11(2)18(15-3,16-4)17-5/h6-11H,1-5H3. The highest BCUT2D eigenvalue weighted by Crippen LogP contribution is 2.30. The van der Waals surface area contributed by atoms with Crippen LogP contribution in [-0.4, -0.2) is 30.1 Å². The zero-order chi connectivity index (χ0) is 13.8. The van der Waals surface area contributed by atoms with E-state index in [-0.39, 0.29) is 5.54 Å². The average Bonchev–Trinajstić information content (AvgIpc) is 2.41. The summed E-state index contributed by atoms with van der Waals surface area (Å²) in [5.74, 6) is 0. The molecule has 2 unspecified atom stereocenters. The van der Waals surface area contributed by atoms with E-state index in [1.165, 1.54) is 11.1 Å². The lowest BCUT2D eigenvalue weighted by molar-refractivity contribution is 0.114. The van der Waals surface area contributed by atoms with Crippen molar-refractivity contribution in [1.82, 2.24) is 0 Å². The van der Waals surface area contributed by atoms with Gasteiger partial charge < -0.3 is 13.3 Å². The summed E-state index contributed by atoms with van der Waals surface area (Å²) in [5.41, 5.74) is 2.63. The predicted octanol–water partition coefficient (Wildman–Crippen LogP) is 3.70. The third-order valence-corrected chi connectivity index (χ3v) is 7.10. The van der Waals surface area contributed by atoms with Crippen LogP contribution in [0.3, 0.4) is 0 Å². The fourth-order valence-electron chi connectivity index (χ4n) is 2.03. The van der Waals surface area contributed by atoms with Gasteiger partial charge >= 0.3 is 8.80 Å². The average molecular weight is 380 g/mol. The van der Waals surface area contributed by atoms with Gasteiger partial charge in [-0.05, 0) is 18.1 Å². The molecule has 0 amide bonds. The van der Waals surface area contributed by atoms with E-state index in [1.54, 1.807) is 21.3 Å². The molecule has 0 aliphatic rings. The largest absolute Gasteiger partial charge is 0.507 e. The summed E-state index contributed by atoms with van der Waals surface area (Å²) in [6.45, 7) is 4.27. The van der Waals surface area contributed by atoms with Gasteiger partial charge in [0.1, 0.15) is 0 Å². The lowest BCUT2D eigenvalue weighted by Gasteiger charge is -2.30. The topological polar surface area (TPSA) is 27.7 Å². The molecule has 1 aromatic carbocycles. The van der Waals surface area contributed by atoms with Crippen LogP contribution in [-0.2, 0) is 13.3 Å². The van der Waals surface area contributed by atoms with Crippen LogP contribution < -0.4 is 0 Å². The molecule has 5 heteroatoms. The van der Waals surface area contributed by atoms with Crippen LogP contribution >= 0.6 is 22.6 Å². The maximum atomic E-state index is 5.52. The Kier molecular flexibility index (Phi) is 6.26. The molecule has 0 fully saturated rings. The first kappa shape index (κ1) is 16.1. The summed E-state index contributed by atoms with van der Waals surface area (Å²) >= 11 is 2.41. The van der Waals surface area contributed by atoms with Gasteiger partial charge in [0.2, 0.25) is 0 Å². The summed E-state index contributed by atoms with van der Waals surface area (Å²) in [5, 5.41) is 0. The molecule has 0 saturated carbocycles. The summed E-state index contributed by atoms with van der Waals surface area (Å²) in [6, 6.07) is 8.58. The molecule has 0 radical (unpaired) electrons. The van der Waals surface area contributed by atoms with Crippen molar-refractivity contribution in [2.45, 2.75) is 23.3 Å². The molecule has 1 aromatic rings. The summed E-state index contributed by atoms with van der Waals surface area (Å²) in [7, 11) is 2.34. The van der Waals surface area contributed by atoms with Crippen LogP contribution in [0, 0.1) is 0 Å². The fourth-order valence-corrected chi connectivity index (χ4v) is 4.61. The Balaban J connectivity index is 2.98. The van der Waals surface area contributed by atoms with Crippen molar-refractivity contribution in [1.29, 1.82) is 0 Å². The van der Waals surface area contributed by atoms with E-state index < -0.39 is 8.80 Å². The number of benzene rings is 1. The molecular weight excluding hydrogens is 359 g/mol. The fraction of sp³-hybridized carbons (Fsp3) is 0.538. The molecule has 0 aliphatic carbocycles. The van der Waals surface area contributed by atoms with Gasteiger partial charge in [-0.3, -0.25) is 0 Å². The van der Waals surface area contributed by atoms with E-state index in [4.69, 9.17) is 13.3 Å². The molecule has 1 rings (SSSR count). The Hall–Kier alpha value is 0.0469. The highest BCUT2D eigenvalue weighted by molar-refractivity contribution is 14.1. The lowest BCUT2D eigenvalue weighted by atomic mass is 10.1. The number of hydrogen-bond donors (Lipinski definition) is 0. The van der Waals surface area contributed by atoms with Crippen molar-refractivity contribution in [3.63, 3.8) is 0 Å². The van der Waals surface area contributed by atoms with E-state index in [0.29, 0.717) is 3.92 Å². The van der Waals surface area contributed by atoms with Gasteiger partial charge in [-0.1, -0.05) is 53.8 Å². The van der Waals surface area contributed by atoms with Gasteiger partial charge in [-0.25, -0.2) is 0 Å². The second kappa shape index (κ2) is 7.00. The van der Waals surface area contributed by atoms with Crippen molar-refractivity contribution in [2.24, 2.45) is 0 Å². The predicted molar refractivity (Wildman–Crippen MR) is 84.1 cm³/mol. The summed E-state index contributed by atoms with van der Waals surface area (Å²) in [4.78, 5) is 0. The third kappa shape index (κ3) is 3.33. The van der Waals surface area contributed by atoms with E-state index in [1.807, 2.05) is 0 Å². The quantitative estimate of drug-likeness (QED) is 0.428. The Labute approximate surface area is 124 Å². The second-order valence-corrected chi connectivity index (χ2v) is 9.39. The zero-order valence-corrected chi connectivity index (χ0v) is 14.7. The SMILES string of the molecule is CO[Si](OC)(OC)C(C)c1ccc(C(C)I)cc1. The number of halogens is 1. The van der Waals surface area contributed by atoms with Gasteiger partial charge in [-0.15, -0.1) is 0 Å². The van der Waals surface area contributed by atoms with Crippen molar-refractivity contribution < 1.29 is 13.3 Å². The van der Waals surface area contributed by atoms with Gasteiger partial charge in [0.05, 0.1) is 5.54 Å². The highest BCUT2D eigenvalue weighted by Gasteiger charge is 2.45. The monoisotopic (exact) mass is 380 g/mol. The first-order chi connectivity index (χ1) is 8.50. The zero-order valence-electron chi connectivity index (χ0n) is 11.6. The normalized spacial score (nSPS) is 15.4. The molecule has 0 saturated heterocycles. The van der Waals surface area contributed by atoms with E-state index in [0.717, 1.165) is 0 Å². The molecule has 102 valence electrons. The minimum atomic E-state index is -2.61. The Morgan fingerprint density at radius 1 is 0.889 bits per heavy atom. The van der Waals surface area contributed by atoms with Crippen molar-refractivity contribution in [2.75, 3.05) is 21.3 Å². The minimum absolute atomic E-state index is 0.121. The van der Waals surface area contributed by atoms with Crippen LogP contribution in [0.2, 0.25) is 0 Å². The van der Waals surface area contributed by atoms with Crippen LogP contribution in [0.15, 0.2) is 24.3 Å². The van der Waals surface area contributed by atoms with Crippen LogP contribution in [0.25, 0.3) is 0 Å². The van der Waals surface area contributed by atoms with E-state index >= 15 is 0 Å². The van der Waals surface area contributed by atoms with Gasteiger partial charge in [0, 0.05) is 25.3 Å². The smallest absolute Gasteiger partial charge is 0.376 e.